The first-order valence-corrected chi connectivity index (χ1v) is 4.66. The van der Waals surface area contributed by atoms with Crippen molar-refractivity contribution in [2.45, 2.75) is 6.42 Å². The molecule has 0 unspecified atom stereocenters. The zero-order valence-corrected chi connectivity index (χ0v) is 7.90. The molecule has 0 atom stereocenters. The van der Waals surface area contributed by atoms with Crippen molar-refractivity contribution in [2.75, 3.05) is 0 Å². The molecular formula is C14H11. The van der Waals surface area contributed by atoms with E-state index in [1.54, 1.807) is 0 Å². The fourth-order valence-electron chi connectivity index (χ4n) is 1.64. The zero-order chi connectivity index (χ0) is 9.80. The van der Waals surface area contributed by atoms with Crippen LogP contribution in [0, 0.1) is 18.8 Å². The molecule has 0 amide bonds. The van der Waals surface area contributed by atoms with E-state index < -0.39 is 0 Å². The molecule has 0 bridgehead atoms. The Morgan fingerprint density at radius 1 is 1.07 bits per heavy atom. The van der Waals surface area contributed by atoms with Crippen molar-refractivity contribution in [1.82, 2.24) is 0 Å². The second-order valence-electron chi connectivity index (χ2n) is 3.21. The van der Waals surface area contributed by atoms with Crippen LogP contribution in [0.3, 0.4) is 0 Å². The molecule has 0 spiro atoms. The van der Waals surface area contributed by atoms with Gasteiger partial charge in [0.1, 0.15) is 0 Å². The Labute approximate surface area is 84.6 Å². The maximum absolute atomic E-state index is 5.21. The van der Waals surface area contributed by atoms with Crippen LogP contribution in [-0.4, -0.2) is 0 Å². The minimum Gasteiger partial charge on any atom is -0.120 e. The van der Waals surface area contributed by atoms with Gasteiger partial charge in [-0.2, -0.15) is 0 Å². The third kappa shape index (κ3) is 1.63. The van der Waals surface area contributed by atoms with E-state index in [1.165, 1.54) is 16.3 Å². The highest BCUT2D eigenvalue weighted by Gasteiger charge is 1.98. The molecule has 0 saturated heterocycles. The van der Waals surface area contributed by atoms with E-state index in [0.29, 0.717) is 0 Å². The van der Waals surface area contributed by atoms with Gasteiger partial charge in [-0.15, -0.1) is 12.3 Å². The molecule has 2 aromatic rings. The summed E-state index contributed by atoms with van der Waals surface area (Å²) in [6.07, 6.45) is 7.91. The predicted molar refractivity (Wildman–Crippen MR) is 60.8 cm³/mol. The topological polar surface area (TPSA) is 0 Å². The molecule has 14 heavy (non-hydrogen) atoms. The lowest BCUT2D eigenvalue weighted by atomic mass is 10.0. The van der Waals surface area contributed by atoms with E-state index in [2.05, 4.69) is 48.4 Å². The van der Waals surface area contributed by atoms with Crippen LogP contribution in [0.4, 0.5) is 0 Å². The molecule has 1 radical (unpaired) electrons. The largest absolute Gasteiger partial charge is 0.120 e. The van der Waals surface area contributed by atoms with Gasteiger partial charge in [-0.1, -0.05) is 42.5 Å². The van der Waals surface area contributed by atoms with Crippen molar-refractivity contribution in [2.24, 2.45) is 0 Å². The molecule has 0 nitrogen and oxygen atoms in total. The molecule has 0 heterocycles. The summed E-state index contributed by atoms with van der Waals surface area (Å²) < 4.78 is 0. The SMILES string of the molecule is C#C[CH]Cc1cccc2ccccc12. The summed E-state index contributed by atoms with van der Waals surface area (Å²) in [7, 11) is 0. The Kier molecular flexibility index (Phi) is 2.51. The van der Waals surface area contributed by atoms with Gasteiger partial charge in [0.25, 0.3) is 0 Å². The second-order valence-corrected chi connectivity index (χ2v) is 3.21. The Balaban J connectivity index is 2.49. The zero-order valence-electron chi connectivity index (χ0n) is 7.90. The summed E-state index contributed by atoms with van der Waals surface area (Å²) in [4.78, 5) is 0. The smallest absolute Gasteiger partial charge is 0.0381 e. The van der Waals surface area contributed by atoms with Crippen LogP contribution >= 0.6 is 0 Å². The van der Waals surface area contributed by atoms with Crippen molar-refractivity contribution in [3.63, 3.8) is 0 Å². The summed E-state index contributed by atoms with van der Waals surface area (Å²) in [5.74, 6) is 2.56. The molecule has 0 aliphatic rings. The van der Waals surface area contributed by atoms with Crippen molar-refractivity contribution in [1.29, 1.82) is 0 Å². The van der Waals surface area contributed by atoms with Gasteiger partial charge in [0, 0.05) is 6.42 Å². The highest BCUT2D eigenvalue weighted by atomic mass is 14.0. The van der Waals surface area contributed by atoms with Crippen LogP contribution in [0.25, 0.3) is 10.8 Å². The van der Waals surface area contributed by atoms with Gasteiger partial charge < -0.3 is 0 Å². The molecule has 0 aromatic heterocycles. The van der Waals surface area contributed by atoms with Gasteiger partial charge in [-0.05, 0) is 22.8 Å². The van der Waals surface area contributed by atoms with E-state index in [-0.39, 0.29) is 0 Å². The Morgan fingerprint density at radius 3 is 2.71 bits per heavy atom. The first kappa shape index (κ1) is 8.84. The maximum atomic E-state index is 5.21. The molecular weight excluding hydrogens is 168 g/mol. The van der Waals surface area contributed by atoms with Gasteiger partial charge >= 0.3 is 0 Å². The normalized spacial score (nSPS) is 9.93. The molecule has 2 aromatic carbocycles. The molecule has 0 fully saturated rings. The molecule has 0 aliphatic heterocycles. The van der Waals surface area contributed by atoms with Gasteiger partial charge in [-0.3, -0.25) is 0 Å². The average molecular weight is 179 g/mol. The lowest BCUT2D eigenvalue weighted by Crippen LogP contribution is -1.86. The van der Waals surface area contributed by atoms with Crippen LogP contribution in [0.2, 0.25) is 0 Å². The summed E-state index contributed by atoms with van der Waals surface area (Å²) >= 11 is 0. The summed E-state index contributed by atoms with van der Waals surface area (Å²) in [5, 5.41) is 2.57. The number of hydrogen-bond acceptors (Lipinski definition) is 0. The standard InChI is InChI=1S/C14H11/c1-2-3-7-12-9-6-10-13-8-4-5-11-14(12)13/h1,3-6,8-11H,7H2. The number of hydrogen-bond donors (Lipinski definition) is 0. The second kappa shape index (κ2) is 3.98. The number of rotatable bonds is 2. The first-order valence-electron chi connectivity index (χ1n) is 4.66. The van der Waals surface area contributed by atoms with Crippen LogP contribution in [0.1, 0.15) is 5.56 Å². The van der Waals surface area contributed by atoms with Crippen molar-refractivity contribution in [3.05, 3.63) is 54.4 Å². The maximum Gasteiger partial charge on any atom is 0.0381 e. The number of terminal acetylenes is 1. The fraction of sp³-hybridized carbons (Fsp3) is 0.0714. The van der Waals surface area contributed by atoms with Crippen molar-refractivity contribution in [3.8, 4) is 12.3 Å². The summed E-state index contributed by atoms with van der Waals surface area (Å²) in [5.41, 5.74) is 1.29. The monoisotopic (exact) mass is 179 g/mol. The van der Waals surface area contributed by atoms with Crippen molar-refractivity contribution >= 4 is 10.8 Å². The Bertz CT molecular complexity index is 469. The van der Waals surface area contributed by atoms with Crippen molar-refractivity contribution < 1.29 is 0 Å². The molecule has 67 valence electrons. The highest BCUT2D eigenvalue weighted by Crippen LogP contribution is 2.19. The quantitative estimate of drug-likeness (QED) is 0.621. The van der Waals surface area contributed by atoms with Crippen LogP contribution < -0.4 is 0 Å². The first-order chi connectivity index (χ1) is 6.92. The molecule has 0 aliphatic carbocycles. The fourth-order valence-corrected chi connectivity index (χ4v) is 1.64. The molecule has 0 N–H and O–H groups in total. The van der Waals surface area contributed by atoms with E-state index in [4.69, 9.17) is 6.42 Å². The summed E-state index contributed by atoms with van der Waals surface area (Å²) in [6, 6.07) is 14.7. The summed E-state index contributed by atoms with van der Waals surface area (Å²) in [6.45, 7) is 0. The molecule has 0 heteroatoms. The van der Waals surface area contributed by atoms with Crippen LogP contribution in [-0.2, 0) is 6.42 Å². The minimum atomic E-state index is 0.845. The van der Waals surface area contributed by atoms with E-state index in [1.807, 2.05) is 6.42 Å². The van der Waals surface area contributed by atoms with Crippen LogP contribution in [0.5, 0.6) is 0 Å². The predicted octanol–water partition coefficient (Wildman–Crippen LogP) is 3.22. The number of fused-ring (bicyclic) bond motifs is 1. The van der Waals surface area contributed by atoms with Gasteiger partial charge in [-0.25, -0.2) is 0 Å². The molecule has 2 rings (SSSR count). The Morgan fingerprint density at radius 2 is 1.86 bits per heavy atom. The minimum absolute atomic E-state index is 0.845. The van der Waals surface area contributed by atoms with Crippen LogP contribution in [0.15, 0.2) is 42.5 Å². The van der Waals surface area contributed by atoms with E-state index >= 15 is 0 Å². The van der Waals surface area contributed by atoms with Gasteiger partial charge in [0.05, 0.1) is 0 Å². The van der Waals surface area contributed by atoms with E-state index in [9.17, 15) is 0 Å². The van der Waals surface area contributed by atoms with Gasteiger partial charge in [0.2, 0.25) is 0 Å². The highest BCUT2D eigenvalue weighted by molar-refractivity contribution is 5.85. The third-order valence-electron chi connectivity index (χ3n) is 2.32. The Hall–Kier alpha value is -1.74. The van der Waals surface area contributed by atoms with Gasteiger partial charge in [0.15, 0.2) is 0 Å². The lowest BCUT2D eigenvalue weighted by Gasteiger charge is -2.03. The van der Waals surface area contributed by atoms with E-state index in [0.717, 1.165) is 6.42 Å². The third-order valence-corrected chi connectivity index (χ3v) is 2.32. The lowest BCUT2D eigenvalue weighted by molar-refractivity contribution is 1.24. The molecule has 0 saturated carbocycles. The number of benzene rings is 2. The average Bonchev–Trinajstić information content (AvgIpc) is 2.26.